The number of pyridine rings is 1. The molecule has 2 saturated heterocycles. The Bertz CT molecular complexity index is 1890. The molecular weight excluding hydrogens is 653 g/mol. The third kappa shape index (κ3) is 7.32. The molecule has 3 N–H and O–H groups in total. The summed E-state index contributed by atoms with van der Waals surface area (Å²) in [6.07, 6.45) is 6.37. The molecule has 272 valence electrons. The number of hydrogen-bond acceptors (Lipinski definition) is 7. The number of likely N-dealkylation sites (N-methyl/N-ethyl adjacent to an activating group) is 1. The highest BCUT2D eigenvalue weighted by Crippen LogP contribution is 2.52. The molecule has 3 aliphatic rings. The molecule has 2 aromatic carbocycles. The average molecular weight is 703 g/mol. The molecule has 4 aromatic rings. The van der Waals surface area contributed by atoms with Gasteiger partial charge in [0.1, 0.15) is 11.6 Å². The molecule has 0 bridgehead atoms. The fraction of sp³-hybridized carbons (Fsp3) is 0.439. The van der Waals surface area contributed by atoms with Crippen LogP contribution < -0.4 is 15.5 Å². The van der Waals surface area contributed by atoms with Crippen LogP contribution in [0.2, 0.25) is 0 Å². The Balaban J connectivity index is 0.921. The summed E-state index contributed by atoms with van der Waals surface area (Å²) < 4.78 is 0. The highest BCUT2D eigenvalue weighted by atomic mass is 16.2. The van der Waals surface area contributed by atoms with Gasteiger partial charge in [-0.2, -0.15) is 0 Å². The number of likely N-dealkylation sites (tertiary alicyclic amines) is 1. The van der Waals surface area contributed by atoms with Gasteiger partial charge in [0.05, 0.1) is 23.3 Å². The Kier molecular flexibility index (Phi) is 9.89. The maximum atomic E-state index is 13.3. The minimum atomic E-state index is -0.219. The number of rotatable bonds is 10. The maximum Gasteiger partial charge on any atom is 0.257 e. The van der Waals surface area contributed by atoms with Gasteiger partial charge >= 0.3 is 0 Å². The Hall–Kier alpha value is -5.03. The first-order valence-corrected chi connectivity index (χ1v) is 18.6. The van der Waals surface area contributed by atoms with E-state index in [1.807, 2.05) is 53.4 Å². The summed E-state index contributed by atoms with van der Waals surface area (Å²) in [5.74, 6) is 2.21. The van der Waals surface area contributed by atoms with Crippen molar-refractivity contribution in [1.29, 1.82) is 0 Å². The number of H-pyrrole nitrogens is 1. The summed E-state index contributed by atoms with van der Waals surface area (Å²) in [4.78, 5) is 58.0. The van der Waals surface area contributed by atoms with E-state index in [2.05, 4.69) is 77.5 Å². The molecule has 0 radical (unpaired) electrons. The normalized spacial score (nSPS) is 20.2. The highest BCUT2D eigenvalue weighted by molar-refractivity contribution is 6.04. The molecule has 2 aromatic heterocycles. The van der Waals surface area contributed by atoms with Gasteiger partial charge in [0.25, 0.3) is 5.91 Å². The van der Waals surface area contributed by atoms with Crippen LogP contribution in [0.1, 0.15) is 69.2 Å². The van der Waals surface area contributed by atoms with E-state index in [1.165, 1.54) is 0 Å². The van der Waals surface area contributed by atoms with E-state index in [-0.39, 0.29) is 47.1 Å². The lowest BCUT2D eigenvalue weighted by atomic mass is 10.0. The minimum Gasteiger partial charge on any atom is -0.353 e. The van der Waals surface area contributed by atoms with Crippen LogP contribution in [0.15, 0.2) is 73.1 Å². The van der Waals surface area contributed by atoms with E-state index < -0.39 is 0 Å². The van der Waals surface area contributed by atoms with E-state index in [0.717, 1.165) is 72.9 Å². The van der Waals surface area contributed by atoms with Crippen LogP contribution in [0.4, 0.5) is 11.5 Å². The van der Waals surface area contributed by atoms with Gasteiger partial charge in [0.2, 0.25) is 11.8 Å². The number of carbonyl (C=O) groups excluding carboxylic acids is 3. The van der Waals surface area contributed by atoms with Crippen molar-refractivity contribution in [2.24, 2.45) is 17.3 Å². The van der Waals surface area contributed by atoms with Gasteiger partial charge in [0.15, 0.2) is 0 Å². The topological polar surface area (TPSA) is 127 Å². The van der Waals surface area contributed by atoms with Gasteiger partial charge in [0, 0.05) is 62.3 Å². The minimum absolute atomic E-state index is 0.0467. The summed E-state index contributed by atoms with van der Waals surface area (Å²) in [5.41, 5.74) is 5.26. The first-order valence-electron chi connectivity index (χ1n) is 18.6. The third-order valence-corrected chi connectivity index (χ3v) is 11.1. The number of benzene rings is 2. The van der Waals surface area contributed by atoms with Crippen molar-refractivity contribution in [2.75, 3.05) is 50.0 Å². The lowest BCUT2D eigenvalue weighted by Crippen LogP contribution is -2.49. The summed E-state index contributed by atoms with van der Waals surface area (Å²) in [7, 11) is 1.85. The predicted octanol–water partition coefficient (Wildman–Crippen LogP) is 5.99. The number of anilines is 2. The molecule has 0 unspecified atom stereocenters. The standard InChI is InChI=1S/C41H50N8O3/c1-26(2)36(42-5)40(52)49-18-6-7-34(49)37-44-25-33(46-37)29-10-8-27(9-11-29)28-12-15-31(16-13-28)45-38(50)30-14-17-35(43-24-30)47-19-21-48(22-20-47)39(51)32-23-41(32,3)4/h8-17,24-26,32,34,36,42H,6-7,18-23H2,1-5H3,(H,44,46)(H,45,50)/t32-,34+,36+/m1/s1. The van der Waals surface area contributed by atoms with Crippen molar-refractivity contribution in [1.82, 2.24) is 30.1 Å². The van der Waals surface area contributed by atoms with Crippen LogP contribution in [0, 0.1) is 17.3 Å². The van der Waals surface area contributed by atoms with Crippen molar-refractivity contribution in [3.05, 3.63) is 84.4 Å². The van der Waals surface area contributed by atoms with E-state index >= 15 is 0 Å². The number of aromatic nitrogens is 3. The van der Waals surface area contributed by atoms with Crippen molar-refractivity contribution < 1.29 is 14.4 Å². The average Bonchev–Trinajstić information content (AvgIpc) is 3.51. The smallest absolute Gasteiger partial charge is 0.257 e. The van der Waals surface area contributed by atoms with E-state index in [1.54, 1.807) is 12.3 Å². The molecule has 1 saturated carbocycles. The Morgan fingerprint density at radius 1 is 0.885 bits per heavy atom. The Labute approximate surface area is 306 Å². The monoisotopic (exact) mass is 702 g/mol. The number of nitrogens with one attached hydrogen (secondary N) is 3. The lowest BCUT2D eigenvalue weighted by Gasteiger charge is -2.35. The van der Waals surface area contributed by atoms with Crippen LogP contribution >= 0.6 is 0 Å². The first kappa shape index (κ1) is 35.4. The third-order valence-electron chi connectivity index (χ3n) is 11.1. The Morgan fingerprint density at radius 3 is 2.13 bits per heavy atom. The van der Waals surface area contributed by atoms with Gasteiger partial charge in [-0.15, -0.1) is 0 Å². The number of aromatic amines is 1. The molecule has 3 fully saturated rings. The van der Waals surface area contributed by atoms with Crippen LogP contribution in [0.5, 0.6) is 0 Å². The van der Waals surface area contributed by atoms with Gasteiger partial charge in [-0.3, -0.25) is 14.4 Å². The SMILES string of the molecule is CN[C@H](C(=O)N1CCC[C@H]1c1nc(-c2ccc(-c3ccc(NC(=O)c4ccc(N5CCN(C(=O)[C@H]6CC6(C)C)CC5)nc4)cc3)cc2)c[nH]1)C(C)C. The second-order valence-corrected chi connectivity index (χ2v) is 15.4. The quantitative estimate of drug-likeness (QED) is 0.185. The fourth-order valence-corrected chi connectivity index (χ4v) is 7.65. The summed E-state index contributed by atoms with van der Waals surface area (Å²) in [6.45, 7) is 12.0. The van der Waals surface area contributed by atoms with E-state index in [0.29, 0.717) is 24.3 Å². The largest absolute Gasteiger partial charge is 0.353 e. The van der Waals surface area contributed by atoms with Gasteiger partial charge in [-0.05, 0) is 73.0 Å². The summed E-state index contributed by atoms with van der Waals surface area (Å²) in [6, 6.07) is 19.5. The molecule has 7 rings (SSSR count). The zero-order chi connectivity index (χ0) is 36.6. The van der Waals surface area contributed by atoms with Crippen LogP contribution in [0.25, 0.3) is 22.4 Å². The molecule has 11 nitrogen and oxygen atoms in total. The van der Waals surface area contributed by atoms with Crippen molar-refractivity contribution >= 4 is 29.2 Å². The molecule has 52 heavy (non-hydrogen) atoms. The number of imidazole rings is 1. The van der Waals surface area contributed by atoms with Crippen molar-refractivity contribution in [2.45, 2.75) is 59.0 Å². The van der Waals surface area contributed by atoms with Gasteiger partial charge < -0.3 is 30.3 Å². The first-order chi connectivity index (χ1) is 25.0. The molecule has 11 heteroatoms. The van der Waals surface area contributed by atoms with Gasteiger partial charge in [-0.25, -0.2) is 9.97 Å². The summed E-state index contributed by atoms with van der Waals surface area (Å²) in [5, 5.41) is 6.17. The number of nitrogens with zero attached hydrogens (tertiary/aromatic N) is 5. The van der Waals surface area contributed by atoms with Gasteiger partial charge in [-0.1, -0.05) is 64.1 Å². The summed E-state index contributed by atoms with van der Waals surface area (Å²) >= 11 is 0. The molecule has 2 aliphatic heterocycles. The predicted molar refractivity (Wildman–Crippen MR) is 204 cm³/mol. The van der Waals surface area contributed by atoms with Crippen LogP contribution in [0.3, 0.4) is 0 Å². The maximum absolute atomic E-state index is 13.3. The fourth-order valence-electron chi connectivity index (χ4n) is 7.65. The van der Waals surface area contributed by atoms with E-state index in [4.69, 9.17) is 4.98 Å². The van der Waals surface area contributed by atoms with E-state index in [9.17, 15) is 14.4 Å². The molecule has 3 amide bonds. The number of hydrogen-bond donors (Lipinski definition) is 3. The lowest BCUT2D eigenvalue weighted by molar-refractivity contribution is -0.135. The Morgan fingerprint density at radius 2 is 1.54 bits per heavy atom. The molecule has 1 aliphatic carbocycles. The second kappa shape index (κ2) is 14.5. The highest BCUT2D eigenvalue weighted by Gasteiger charge is 2.52. The van der Waals surface area contributed by atoms with Crippen LogP contribution in [-0.4, -0.2) is 88.3 Å². The van der Waals surface area contributed by atoms with Crippen LogP contribution in [-0.2, 0) is 9.59 Å². The number of amides is 3. The molecular formula is C41H50N8O3. The number of carbonyl (C=O) groups is 3. The zero-order valence-electron chi connectivity index (χ0n) is 30.9. The zero-order valence-corrected chi connectivity index (χ0v) is 30.9. The molecule has 0 spiro atoms. The van der Waals surface area contributed by atoms with Crippen molar-refractivity contribution in [3.8, 4) is 22.4 Å². The second-order valence-electron chi connectivity index (χ2n) is 15.4. The van der Waals surface area contributed by atoms with Crippen molar-refractivity contribution in [3.63, 3.8) is 0 Å². The number of piperazine rings is 1. The molecule has 3 atom stereocenters. The molecule has 4 heterocycles.